The van der Waals surface area contributed by atoms with Gasteiger partial charge >= 0.3 is 0 Å². The van der Waals surface area contributed by atoms with Crippen molar-refractivity contribution >= 4 is 39.1 Å². The molecule has 1 unspecified atom stereocenters. The van der Waals surface area contributed by atoms with Gasteiger partial charge in [-0.15, -0.1) is 0 Å². The third-order valence-electron chi connectivity index (χ3n) is 8.68. The first-order valence-electron chi connectivity index (χ1n) is 16.1. The quantitative estimate of drug-likeness (QED) is 0.185. The second-order valence-corrected chi connectivity index (χ2v) is 11.8. The van der Waals surface area contributed by atoms with Crippen molar-refractivity contribution in [3.05, 3.63) is 139 Å². The number of para-hydroxylation sites is 1. The van der Waals surface area contributed by atoms with Gasteiger partial charge in [0.05, 0.1) is 16.4 Å². The average molecular weight is 632 g/mol. The van der Waals surface area contributed by atoms with E-state index in [1.807, 2.05) is 91.1 Å². The number of fused-ring (bicyclic) bond motifs is 2. The molecule has 0 spiro atoms. The molecule has 1 saturated heterocycles. The van der Waals surface area contributed by atoms with Crippen LogP contribution >= 0.6 is 0 Å². The summed E-state index contributed by atoms with van der Waals surface area (Å²) in [6.45, 7) is 4.05. The van der Waals surface area contributed by atoms with Crippen LogP contribution in [0, 0.1) is 0 Å². The molecule has 0 aliphatic carbocycles. The molecule has 236 valence electrons. The van der Waals surface area contributed by atoms with Crippen molar-refractivity contribution in [3.63, 3.8) is 0 Å². The predicted molar refractivity (Wildman–Crippen MR) is 190 cm³/mol. The summed E-state index contributed by atoms with van der Waals surface area (Å²) in [5, 5.41) is 13.1. The molecule has 7 aromatic rings. The minimum absolute atomic E-state index is 0.201. The van der Waals surface area contributed by atoms with Gasteiger partial charge in [0.25, 0.3) is 5.91 Å². The molecular formula is C39H33N7O2. The number of benzene rings is 5. The van der Waals surface area contributed by atoms with E-state index in [9.17, 15) is 4.79 Å². The Morgan fingerprint density at radius 2 is 1.52 bits per heavy atom. The summed E-state index contributed by atoms with van der Waals surface area (Å²) in [6.07, 6.45) is 3.44. The normalized spacial score (nSPS) is 13.8. The van der Waals surface area contributed by atoms with Crippen LogP contribution in [0.2, 0.25) is 0 Å². The summed E-state index contributed by atoms with van der Waals surface area (Å²) in [6, 6.07) is 39.0. The third kappa shape index (κ3) is 6.06. The Morgan fingerprint density at radius 1 is 0.771 bits per heavy atom. The van der Waals surface area contributed by atoms with Crippen molar-refractivity contribution < 1.29 is 9.53 Å². The molecule has 9 heteroatoms. The van der Waals surface area contributed by atoms with E-state index in [0.29, 0.717) is 17.3 Å². The molecule has 0 bridgehead atoms. The summed E-state index contributed by atoms with van der Waals surface area (Å²) < 4.78 is 7.82. The van der Waals surface area contributed by atoms with Gasteiger partial charge in [0.1, 0.15) is 12.1 Å². The van der Waals surface area contributed by atoms with Crippen molar-refractivity contribution in [2.24, 2.45) is 0 Å². The number of anilines is 2. The molecule has 8 rings (SSSR count). The Bertz CT molecular complexity index is 2190. The van der Waals surface area contributed by atoms with E-state index in [1.54, 1.807) is 4.68 Å². The van der Waals surface area contributed by atoms with Gasteiger partial charge in [-0.2, -0.15) is 5.10 Å². The molecule has 2 N–H and O–H groups in total. The summed E-state index contributed by atoms with van der Waals surface area (Å²) in [4.78, 5) is 25.0. The number of nitrogens with one attached hydrogen (secondary N) is 2. The number of ether oxygens (including phenoxy) is 1. The highest BCUT2D eigenvalue weighted by molar-refractivity contribution is 5.96. The highest BCUT2D eigenvalue weighted by atomic mass is 16.5. The average Bonchev–Trinajstić information content (AvgIpc) is 3.56. The van der Waals surface area contributed by atoms with Gasteiger partial charge in [-0.3, -0.25) is 9.48 Å². The van der Waals surface area contributed by atoms with E-state index in [-0.39, 0.29) is 5.91 Å². The minimum atomic E-state index is -0.677. The fraction of sp³-hybridized carbons (Fsp3) is 0.128. The number of piperazine rings is 1. The maximum absolute atomic E-state index is 13.9. The van der Waals surface area contributed by atoms with E-state index in [1.165, 1.54) is 12.0 Å². The van der Waals surface area contributed by atoms with Crippen molar-refractivity contribution in [1.29, 1.82) is 0 Å². The van der Waals surface area contributed by atoms with Crippen LogP contribution in [0.4, 0.5) is 11.4 Å². The van der Waals surface area contributed by atoms with E-state index < -0.39 is 6.04 Å². The predicted octanol–water partition coefficient (Wildman–Crippen LogP) is 7.08. The molecule has 1 fully saturated rings. The Labute approximate surface area is 277 Å². The van der Waals surface area contributed by atoms with E-state index >= 15 is 0 Å². The van der Waals surface area contributed by atoms with Crippen LogP contribution in [0.3, 0.4) is 0 Å². The summed E-state index contributed by atoms with van der Waals surface area (Å²) in [5.41, 5.74) is 6.59. The highest BCUT2D eigenvalue weighted by Gasteiger charge is 2.24. The lowest BCUT2D eigenvalue weighted by molar-refractivity contribution is -0.118. The molecule has 1 atom stereocenters. The molecule has 1 aliphatic rings. The first kappa shape index (κ1) is 29.3. The van der Waals surface area contributed by atoms with Gasteiger partial charge in [0.15, 0.2) is 6.04 Å². The SMILES string of the molecule is O=C(Nc1ccc(Oc2ncnc3ccccc23)cc1)C(c1ccccc1)n1cc2cc(-c3ccc(N4CCNCC4)cc3)ccc2n1. The fourth-order valence-corrected chi connectivity index (χ4v) is 6.19. The number of carbonyl (C=O) groups is 1. The van der Waals surface area contributed by atoms with Crippen LogP contribution in [0.5, 0.6) is 11.6 Å². The van der Waals surface area contributed by atoms with Crippen molar-refractivity contribution in [2.45, 2.75) is 6.04 Å². The maximum Gasteiger partial charge on any atom is 0.253 e. The molecular weight excluding hydrogens is 598 g/mol. The molecule has 1 amide bonds. The molecule has 48 heavy (non-hydrogen) atoms. The number of carbonyl (C=O) groups excluding carboxylic acids is 1. The van der Waals surface area contributed by atoms with Gasteiger partial charge in [0.2, 0.25) is 5.88 Å². The van der Waals surface area contributed by atoms with E-state index in [2.05, 4.69) is 61.9 Å². The third-order valence-corrected chi connectivity index (χ3v) is 8.68. The topological polar surface area (TPSA) is 97.2 Å². The summed E-state index contributed by atoms with van der Waals surface area (Å²) in [7, 11) is 0. The summed E-state index contributed by atoms with van der Waals surface area (Å²) in [5.74, 6) is 0.875. The maximum atomic E-state index is 13.9. The molecule has 1 aliphatic heterocycles. The van der Waals surface area contributed by atoms with Gasteiger partial charge in [-0.25, -0.2) is 9.97 Å². The Balaban J connectivity index is 1.03. The number of aromatic nitrogens is 4. The van der Waals surface area contributed by atoms with Crippen LogP contribution in [0.1, 0.15) is 11.6 Å². The molecule has 5 aromatic carbocycles. The van der Waals surface area contributed by atoms with Crippen LogP contribution in [-0.2, 0) is 4.79 Å². The minimum Gasteiger partial charge on any atom is -0.438 e. The van der Waals surface area contributed by atoms with Gasteiger partial charge in [-0.1, -0.05) is 60.7 Å². The number of hydrogen-bond acceptors (Lipinski definition) is 7. The van der Waals surface area contributed by atoms with Crippen molar-refractivity contribution in [2.75, 3.05) is 36.4 Å². The van der Waals surface area contributed by atoms with Crippen LogP contribution in [0.25, 0.3) is 32.9 Å². The van der Waals surface area contributed by atoms with Gasteiger partial charge < -0.3 is 20.3 Å². The van der Waals surface area contributed by atoms with E-state index in [4.69, 9.17) is 9.84 Å². The molecule has 9 nitrogen and oxygen atoms in total. The lowest BCUT2D eigenvalue weighted by Crippen LogP contribution is -2.43. The molecule has 0 radical (unpaired) electrons. The number of amides is 1. The highest BCUT2D eigenvalue weighted by Crippen LogP contribution is 2.30. The van der Waals surface area contributed by atoms with Crippen molar-refractivity contribution in [3.8, 4) is 22.8 Å². The second kappa shape index (κ2) is 13.0. The van der Waals surface area contributed by atoms with E-state index in [0.717, 1.165) is 64.7 Å². The van der Waals surface area contributed by atoms with Crippen LogP contribution < -0.4 is 20.3 Å². The van der Waals surface area contributed by atoms with Crippen LogP contribution in [0.15, 0.2) is 134 Å². The number of nitrogens with zero attached hydrogens (tertiary/aromatic N) is 5. The fourth-order valence-electron chi connectivity index (χ4n) is 6.19. The zero-order valence-corrected chi connectivity index (χ0v) is 26.2. The zero-order chi connectivity index (χ0) is 32.3. The molecule has 3 heterocycles. The standard InChI is InChI=1S/C39H33N7O2/c47-38(43-31-13-17-33(18-14-31)48-39-34-8-4-5-9-36(34)41-26-42-39)37(28-6-2-1-3-7-28)46-25-30-24-29(12-19-35(30)44-46)27-10-15-32(16-11-27)45-22-20-40-21-23-45/h1-19,24-26,37,40H,20-23H2,(H,43,47). The van der Waals surface area contributed by atoms with Crippen LogP contribution in [-0.4, -0.2) is 51.8 Å². The first-order valence-corrected chi connectivity index (χ1v) is 16.1. The largest absolute Gasteiger partial charge is 0.438 e. The van der Waals surface area contributed by atoms with Crippen molar-refractivity contribution in [1.82, 2.24) is 25.1 Å². The smallest absolute Gasteiger partial charge is 0.253 e. The first-order chi connectivity index (χ1) is 23.7. The lowest BCUT2D eigenvalue weighted by Gasteiger charge is -2.29. The Morgan fingerprint density at radius 3 is 2.33 bits per heavy atom. The Kier molecular flexibility index (Phi) is 7.93. The van der Waals surface area contributed by atoms with Gasteiger partial charge in [0, 0.05) is 49.1 Å². The molecule has 0 saturated carbocycles. The number of rotatable bonds is 8. The summed E-state index contributed by atoms with van der Waals surface area (Å²) >= 11 is 0. The number of hydrogen-bond donors (Lipinski definition) is 2. The van der Waals surface area contributed by atoms with Gasteiger partial charge in [-0.05, 0) is 77.4 Å². The zero-order valence-electron chi connectivity index (χ0n) is 26.2. The second-order valence-electron chi connectivity index (χ2n) is 11.8. The molecule has 2 aromatic heterocycles. The Hall–Kier alpha value is -6.06. The monoisotopic (exact) mass is 631 g/mol. The lowest BCUT2D eigenvalue weighted by atomic mass is 10.0.